The van der Waals surface area contributed by atoms with E-state index in [1.165, 1.54) is 4.31 Å². The van der Waals surface area contributed by atoms with Gasteiger partial charge in [-0.1, -0.05) is 54.6 Å². The molecule has 4 rings (SSSR count). The topological polar surface area (TPSA) is 84.9 Å². The van der Waals surface area contributed by atoms with E-state index in [2.05, 4.69) is 5.32 Å². The maximum Gasteiger partial charge on any atom is 0.263 e. The zero-order valence-electron chi connectivity index (χ0n) is 18.3. The number of benzene rings is 3. The van der Waals surface area contributed by atoms with E-state index >= 15 is 0 Å². The van der Waals surface area contributed by atoms with E-state index in [1.807, 2.05) is 37.3 Å². The highest BCUT2D eigenvalue weighted by atomic mass is 32.2. The lowest BCUT2D eigenvalue weighted by Gasteiger charge is -2.34. The van der Waals surface area contributed by atoms with Gasteiger partial charge in [-0.25, -0.2) is 8.42 Å². The molecule has 0 spiro atoms. The van der Waals surface area contributed by atoms with E-state index in [0.717, 1.165) is 11.3 Å². The fourth-order valence-corrected chi connectivity index (χ4v) is 5.26. The minimum Gasteiger partial charge on any atom is -0.494 e. The molecule has 1 aliphatic rings. The third kappa shape index (κ3) is 5.46. The largest absolute Gasteiger partial charge is 0.494 e. The summed E-state index contributed by atoms with van der Waals surface area (Å²) in [5, 5.41) is 2.85. The Bertz CT molecular complexity index is 1210. The van der Waals surface area contributed by atoms with Crippen LogP contribution in [0.4, 0.5) is 5.69 Å². The molecule has 33 heavy (non-hydrogen) atoms. The molecule has 0 aromatic heterocycles. The zero-order valence-corrected chi connectivity index (χ0v) is 19.1. The van der Waals surface area contributed by atoms with Crippen LogP contribution in [0.15, 0.2) is 78.9 Å². The van der Waals surface area contributed by atoms with Crippen LogP contribution in [0.25, 0.3) is 0 Å². The van der Waals surface area contributed by atoms with Gasteiger partial charge in [-0.3, -0.25) is 9.10 Å². The van der Waals surface area contributed by atoms with Gasteiger partial charge >= 0.3 is 0 Å². The van der Waals surface area contributed by atoms with Gasteiger partial charge in [0.1, 0.15) is 11.5 Å². The predicted octanol–water partition coefficient (Wildman–Crippen LogP) is 3.50. The van der Waals surface area contributed by atoms with Gasteiger partial charge in [0.2, 0.25) is 10.0 Å². The van der Waals surface area contributed by atoms with Crippen molar-refractivity contribution in [3.63, 3.8) is 0 Å². The summed E-state index contributed by atoms with van der Waals surface area (Å²) in [5.74, 6) is 0.538. The maximum atomic E-state index is 13.3. The summed E-state index contributed by atoms with van der Waals surface area (Å²) >= 11 is 0. The molecule has 0 saturated carbocycles. The number of carbonyl (C=O) groups is 1. The van der Waals surface area contributed by atoms with Crippen LogP contribution in [-0.2, 0) is 27.1 Å². The summed E-state index contributed by atoms with van der Waals surface area (Å²) in [6, 6.07) is 23.3. The van der Waals surface area contributed by atoms with Crippen LogP contribution in [0, 0.1) is 0 Å². The molecule has 1 aliphatic heterocycles. The first-order valence-electron chi connectivity index (χ1n) is 10.8. The summed E-state index contributed by atoms with van der Waals surface area (Å²) in [6.07, 6.45) is -0.972. The van der Waals surface area contributed by atoms with E-state index in [0.29, 0.717) is 23.6 Å². The van der Waals surface area contributed by atoms with Gasteiger partial charge < -0.3 is 14.8 Å². The van der Waals surface area contributed by atoms with Crippen LogP contribution in [0.3, 0.4) is 0 Å². The Labute approximate surface area is 194 Å². The number of carbonyl (C=O) groups excluding carboxylic acids is 1. The smallest absolute Gasteiger partial charge is 0.263 e. The van der Waals surface area contributed by atoms with E-state index in [4.69, 9.17) is 9.47 Å². The lowest BCUT2D eigenvalue weighted by molar-refractivity contribution is -0.127. The average Bonchev–Trinajstić information content (AvgIpc) is 2.82. The summed E-state index contributed by atoms with van der Waals surface area (Å²) in [6.45, 7) is 2.64. The molecule has 172 valence electrons. The normalized spacial score (nSPS) is 15.3. The molecule has 1 atom stereocenters. The molecule has 8 heteroatoms. The van der Waals surface area contributed by atoms with Crippen molar-refractivity contribution in [1.82, 2.24) is 5.32 Å². The molecular formula is C25H26N2O5S. The van der Waals surface area contributed by atoms with Crippen LogP contribution in [-0.4, -0.2) is 33.6 Å². The highest BCUT2D eigenvalue weighted by Crippen LogP contribution is 2.35. The highest BCUT2D eigenvalue weighted by Gasteiger charge is 2.36. The molecule has 1 heterocycles. The molecule has 0 aliphatic carbocycles. The molecule has 1 amide bonds. The maximum absolute atomic E-state index is 13.3. The minimum absolute atomic E-state index is 0.100. The average molecular weight is 467 g/mol. The van der Waals surface area contributed by atoms with Gasteiger partial charge in [0, 0.05) is 6.54 Å². The lowest BCUT2D eigenvalue weighted by Crippen LogP contribution is -2.50. The van der Waals surface area contributed by atoms with Crippen molar-refractivity contribution < 1.29 is 22.7 Å². The number of amides is 1. The van der Waals surface area contributed by atoms with Crippen molar-refractivity contribution in [2.75, 3.05) is 17.5 Å². The van der Waals surface area contributed by atoms with Crippen LogP contribution < -0.4 is 19.1 Å². The minimum atomic E-state index is -3.74. The first kappa shape index (κ1) is 22.7. The van der Waals surface area contributed by atoms with Crippen molar-refractivity contribution in [3.8, 4) is 11.5 Å². The Kier molecular flexibility index (Phi) is 6.84. The van der Waals surface area contributed by atoms with Gasteiger partial charge in [0.05, 0.1) is 24.6 Å². The Morgan fingerprint density at radius 1 is 1.03 bits per heavy atom. The van der Waals surface area contributed by atoms with Crippen LogP contribution in [0.5, 0.6) is 11.5 Å². The quantitative estimate of drug-likeness (QED) is 0.549. The van der Waals surface area contributed by atoms with E-state index in [1.54, 1.807) is 48.5 Å². The number of fused-ring (bicyclic) bond motifs is 1. The van der Waals surface area contributed by atoms with E-state index < -0.39 is 16.1 Å². The number of para-hydroxylation sites is 2. The lowest BCUT2D eigenvalue weighted by atomic mass is 10.2. The predicted molar refractivity (Wildman–Crippen MR) is 127 cm³/mol. The number of nitrogens with one attached hydrogen (secondary N) is 1. The molecule has 0 radical (unpaired) electrons. The van der Waals surface area contributed by atoms with Gasteiger partial charge in [0.25, 0.3) is 5.91 Å². The van der Waals surface area contributed by atoms with Gasteiger partial charge in [-0.05, 0) is 42.3 Å². The molecule has 0 bridgehead atoms. The highest BCUT2D eigenvalue weighted by molar-refractivity contribution is 7.92. The standard InChI is InChI=1S/C25H26N2O5S/c1-2-31-21-12-8-11-20(15-21)16-26-25(28)24-17-27(22-13-6-7-14-23(22)32-24)33(29,30)18-19-9-4-3-5-10-19/h3-15,24H,2,16-18H2,1H3,(H,26,28). The zero-order chi connectivity index (χ0) is 23.3. The number of nitrogens with zero attached hydrogens (tertiary/aromatic N) is 1. The molecule has 1 N–H and O–H groups in total. The van der Waals surface area contributed by atoms with Gasteiger partial charge in [0.15, 0.2) is 6.10 Å². The molecular weight excluding hydrogens is 440 g/mol. The summed E-state index contributed by atoms with van der Waals surface area (Å²) < 4.78 is 39.2. The second-order valence-corrected chi connectivity index (χ2v) is 9.54. The Hall–Kier alpha value is -3.52. The summed E-state index contributed by atoms with van der Waals surface area (Å²) in [4.78, 5) is 12.9. The van der Waals surface area contributed by atoms with Crippen molar-refractivity contribution in [2.45, 2.75) is 25.3 Å². The molecule has 7 nitrogen and oxygen atoms in total. The number of hydrogen-bond donors (Lipinski definition) is 1. The molecule has 0 fully saturated rings. The fraction of sp³-hybridized carbons (Fsp3) is 0.240. The van der Waals surface area contributed by atoms with Crippen LogP contribution >= 0.6 is 0 Å². The van der Waals surface area contributed by atoms with Crippen LogP contribution in [0.2, 0.25) is 0 Å². The first-order valence-corrected chi connectivity index (χ1v) is 12.4. The second-order valence-electron chi connectivity index (χ2n) is 7.65. The number of ether oxygens (including phenoxy) is 2. The monoisotopic (exact) mass is 466 g/mol. The molecule has 0 saturated heterocycles. The molecule has 3 aromatic rings. The number of hydrogen-bond acceptors (Lipinski definition) is 5. The van der Waals surface area contributed by atoms with E-state index in [9.17, 15) is 13.2 Å². The van der Waals surface area contributed by atoms with Gasteiger partial charge in [-0.2, -0.15) is 0 Å². The molecule has 3 aromatic carbocycles. The van der Waals surface area contributed by atoms with Crippen molar-refractivity contribution in [2.24, 2.45) is 0 Å². The number of sulfonamides is 1. The summed E-state index contributed by atoms with van der Waals surface area (Å²) in [5.41, 5.74) is 1.98. The number of anilines is 1. The number of rotatable bonds is 8. The Morgan fingerprint density at radius 2 is 1.76 bits per heavy atom. The van der Waals surface area contributed by atoms with Crippen molar-refractivity contribution >= 4 is 21.6 Å². The first-order chi connectivity index (χ1) is 16.0. The second kappa shape index (κ2) is 9.95. The van der Waals surface area contributed by atoms with Gasteiger partial charge in [-0.15, -0.1) is 0 Å². The summed E-state index contributed by atoms with van der Waals surface area (Å²) in [7, 11) is -3.74. The van der Waals surface area contributed by atoms with Crippen molar-refractivity contribution in [3.05, 3.63) is 90.0 Å². The third-order valence-corrected chi connectivity index (χ3v) is 6.95. The Morgan fingerprint density at radius 3 is 2.55 bits per heavy atom. The fourth-order valence-electron chi connectivity index (χ4n) is 3.68. The Balaban J connectivity index is 1.51. The van der Waals surface area contributed by atoms with Crippen molar-refractivity contribution in [1.29, 1.82) is 0 Å². The SMILES string of the molecule is CCOc1cccc(CNC(=O)C2CN(S(=O)(=O)Cc3ccccc3)c3ccccc3O2)c1. The van der Waals surface area contributed by atoms with E-state index in [-0.39, 0.29) is 24.7 Å². The molecule has 1 unspecified atom stereocenters. The van der Waals surface area contributed by atoms with Crippen LogP contribution in [0.1, 0.15) is 18.1 Å². The third-order valence-electron chi connectivity index (χ3n) is 5.23.